The maximum atomic E-state index is 13.4. The van der Waals surface area contributed by atoms with Crippen molar-refractivity contribution in [2.45, 2.75) is 12.5 Å². The summed E-state index contributed by atoms with van der Waals surface area (Å²) in [7, 11) is 1.85. The second-order valence-electron chi connectivity index (χ2n) is 5.15. The molecule has 1 unspecified atom stereocenters. The molecule has 3 rings (SSSR count). The first-order valence-electron chi connectivity index (χ1n) is 6.75. The van der Waals surface area contributed by atoms with Crippen molar-refractivity contribution in [3.8, 4) is 11.5 Å². The number of ether oxygens (including phenoxy) is 1. The molecule has 2 N–H and O–H groups in total. The lowest BCUT2D eigenvalue weighted by Gasteiger charge is -2.33. The van der Waals surface area contributed by atoms with Gasteiger partial charge in [0.05, 0.1) is 21.7 Å². The molecular weight excluding hydrogens is 323 g/mol. The Morgan fingerprint density at radius 3 is 2.86 bits per heavy atom. The summed E-state index contributed by atoms with van der Waals surface area (Å²) in [5, 5.41) is 0.344. The third-order valence-electron chi connectivity index (χ3n) is 3.62. The summed E-state index contributed by atoms with van der Waals surface area (Å²) >= 11 is 11.4. The van der Waals surface area contributed by atoms with Crippen LogP contribution >= 0.6 is 23.8 Å². The molecule has 22 heavy (non-hydrogen) atoms. The first-order valence-corrected chi connectivity index (χ1v) is 7.54. The lowest BCUT2D eigenvalue weighted by Crippen LogP contribution is -2.45. The van der Waals surface area contributed by atoms with Crippen LogP contribution in [-0.4, -0.2) is 18.1 Å². The van der Waals surface area contributed by atoms with Gasteiger partial charge in [-0.3, -0.25) is 0 Å². The topological polar surface area (TPSA) is 38.5 Å². The van der Waals surface area contributed by atoms with E-state index >= 15 is 0 Å². The van der Waals surface area contributed by atoms with Gasteiger partial charge in [-0.05, 0) is 30.2 Å². The van der Waals surface area contributed by atoms with E-state index in [1.165, 1.54) is 18.2 Å². The van der Waals surface area contributed by atoms with Crippen LogP contribution < -0.4 is 15.4 Å². The maximum Gasteiger partial charge on any atom is 0.151 e. The fourth-order valence-electron chi connectivity index (χ4n) is 2.55. The van der Waals surface area contributed by atoms with Gasteiger partial charge in [-0.2, -0.15) is 0 Å². The van der Waals surface area contributed by atoms with Crippen molar-refractivity contribution >= 4 is 34.5 Å². The van der Waals surface area contributed by atoms with E-state index in [4.69, 9.17) is 34.3 Å². The SMILES string of the molecule is CN1C(=S)C(N)Cc2cccc(Oc3cc(F)ccc3Cl)c21. The molecule has 0 saturated heterocycles. The summed E-state index contributed by atoms with van der Waals surface area (Å²) in [5.41, 5.74) is 7.91. The molecule has 0 amide bonds. The average Bonchev–Trinajstić information content (AvgIpc) is 2.48. The van der Waals surface area contributed by atoms with E-state index in [9.17, 15) is 4.39 Å². The maximum absolute atomic E-state index is 13.4. The van der Waals surface area contributed by atoms with Crippen molar-refractivity contribution in [1.82, 2.24) is 0 Å². The number of thiocarbonyl (C=S) groups is 1. The molecule has 0 radical (unpaired) electrons. The second kappa shape index (κ2) is 5.83. The Morgan fingerprint density at radius 1 is 1.32 bits per heavy atom. The molecular formula is C16H14ClFN2OS. The quantitative estimate of drug-likeness (QED) is 0.844. The van der Waals surface area contributed by atoms with Gasteiger partial charge >= 0.3 is 0 Å². The molecule has 6 heteroatoms. The Bertz CT molecular complexity index is 753. The van der Waals surface area contributed by atoms with Crippen LogP contribution in [0.4, 0.5) is 10.1 Å². The fraction of sp³-hybridized carbons (Fsp3) is 0.188. The predicted octanol–water partition coefficient (Wildman–Crippen LogP) is 3.92. The Kier molecular flexibility index (Phi) is 4.04. The highest BCUT2D eigenvalue weighted by Gasteiger charge is 2.27. The Morgan fingerprint density at radius 2 is 2.09 bits per heavy atom. The lowest BCUT2D eigenvalue weighted by molar-refractivity contribution is 0.476. The van der Waals surface area contributed by atoms with Crippen molar-refractivity contribution in [2.24, 2.45) is 5.73 Å². The second-order valence-corrected chi connectivity index (χ2v) is 5.97. The summed E-state index contributed by atoms with van der Waals surface area (Å²) in [6.45, 7) is 0. The van der Waals surface area contributed by atoms with E-state index in [-0.39, 0.29) is 11.8 Å². The predicted molar refractivity (Wildman–Crippen MR) is 90.6 cm³/mol. The number of likely N-dealkylation sites (N-methyl/N-ethyl adjacent to an activating group) is 1. The number of fused-ring (bicyclic) bond motifs is 1. The molecule has 0 aliphatic carbocycles. The van der Waals surface area contributed by atoms with Gasteiger partial charge in [-0.15, -0.1) is 0 Å². The molecule has 1 aliphatic rings. The standard InChI is InChI=1S/C16H14ClFN2OS/c1-20-15-9(7-12(19)16(20)22)3-2-4-13(15)21-14-8-10(18)5-6-11(14)17/h2-6,8,12H,7,19H2,1H3. The number of nitrogens with zero attached hydrogens (tertiary/aromatic N) is 1. The van der Waals surface area contributed by atoms with Gasteiger partial charge in [0.15, 0.2) is 5.75 Å². The number of nitrogens with two attached hydrogens (primary N) is 1. The van der Waals surface area contributed by atoms with Crippen molar-refractivity contribution in [3.05, 3.63) is 52.8 Å². The zero-order valence-corrected chi connectivity index (χ0v) is 13.4. The van der Waals surface area contributed by atoms with E-state index in [0.717, 1.165) is 11.3 Å². The highest BCUT2D eigenvalue weighted by molar-refractivity contribution is 7.80. The van der Waals surface area contributed by atoms with E-state index in [1.807, 2.05) is 24.1 Å². The van der Waals surface area contributed by atoms with Crippen molar-refractivity contribution in [1.29, 1.82) is 0 Å². The number of para-hydroxylation sites is 1. The number of rotatable bonds is 2. The summed E-state index contributed by atoms with van der Waals surface area (Å²) in [5.74, 6) is 0.432. The van der Waals surface area contributed by atoms with Crippen LogP contribution in [0.5, 0.6) is 11.5 Å². The van der Waals surface area contributed by atoms with Crippen LogP contribution in [0.3, 0.4) is 0 Å². The monoisotopic (exact) mass is 336 g/mol. The van der Waals surface area contributed by atoms with Crippen LogP contribution in [0.15, 0.2) is 36.4 Å². The van der Waals surface area contributed by atoms with Gasteiger partial charge in [-0.1, -0.05) is 36.0 Å². The molecule has 2 aromatic rings. The van der Waals surface area contributed by atoms with Crippen LogP contribution in [-0.2, 0) is 6.42 Å². The molecule has 0 saturated carbocycles. The number of halogens is 2. The minimum atomic E-state index is -0.407. The molecule has 1 heterocycles. The van der Waals surface area contributed by atoms with Crippen LogP contribution in [0.25, 0.3) is 0 Å². The Hall–Kier alpha value is -1.69. The summed E-state index contributed by atoms with van der Waals surface area (Å²) in [6.07, 6.45) is 0.645. The molecule has 0 fully saturated rings. The van der Waals surface area contributed by atoms with Crippen molar-refractivity contribution < 1.29 is 9.13 Å². The minimum absolute atomic E-state index is 0.194. The van der Waals surface area contributed by atoms with Gasteiger partial charge in [-0.25, -0.2) is 4.39 Å². The highest BCUT2D eigenvalue weighted by atomic mass is 35.5. The minimum Gasteiger partial charge on any atom is -0.453 e. The smallest absolute Gasteiger partial charge is 0.151 e. The largest absolute Gasteiger partial charge is 0.453 e. The van der Waals surface area contributed by atoms with Crippen LogP contribution in [0.2, 0.25) is 5.02 Å². The fourth-order valence-corrected chi connectivity index (χ4v) is 2.88. The molecule has 0 spiro atoms. The van der Waals surface area contributed by atoms with Gasteiger partial charge in [0, 0.05) is 13.1 Å². The number of benzene rings is 2. The zero-order chi connectivity index (χ0) is 15.9. The first kappa shape index (κ1) is 15.2. The van der Waals surface area contributed by atoms with Gasteiger partial charge < -0.3 is 15.4 Å². The van der Waals surface area contributed by atoms with Crippen molar-refractivity contribution in [3.63, 3.8) is 0 Å². The zero-order valence-electron chi connectivity index (χ0n) is 11.8. The number of hydrogen-bond donors (Lipinski definition) is 1. The Labute approximate surface area is 138 Å². The van der Waals surface area contributed by atoms with E-state index in [0.29, 0.717) is 22.2 Å². The molecule has 0 aromatic heterocycles. The van der Waals surface area contributed by atoms with Crippen LogP contribution in [0.1, 0.15) is 5.56 Å². The average molecular weight is 337 g/mol. The third kappa shape index (κ3) is 2.67. The van der Waals surface area contributed by atoms with Gasteiger partial charge in [0.25, 0.3) is 0 Å². The molecule has 0 bridgehead atoms. The summed E-state index contributed by atoms with van der Waals surface area (Å²) in [6, 6.07) is 9.47. The van der Waals surface area contributed by atoms with Gasteiger partial charge in [0.2, 0.25) is 0 Å². The molecule has 114 valence electrons. The van der Waals surface area contributed by atoms with E-state index in [2.05, 4.69) is 0 Å². The Balaban J connectivity index is 2.04. The number of hydrogen-bond acceptors (Lipinski definition) is 3. The molecule has 2 aromatic carbocycles. The molecule has 1 aliphatic heterocycles. The number of anilines is 1. The first-order chi connectivity index (χ1) is 10.5. The normalized spacial score (nSPS) is 17.4. The highest BCUT2D eigenvalue weighted by Crippen LogP contribution is 2.40. The molecule has 3 nitrogen and oxygen atoms in total. The van der Waals surface area contributed by atoms with Gasteiger partial charge in [0.1, 0.15) is 11.6 Å². The summed E-state index contributed by atoms with van der Waals surface area (Å²) in [4.78, 5) is 2.48. The molecule has 1 atom stereocenters. The van der Waals surface area contributed by atoms with E-state index < -0.39 is 5.82 Å². The van der Waals surface area contributed by atoms with E-state index in [1.54, 1.807) is 6.07 Å². The van der Waals surface area contributed by atoms with Crippen molar-refractivity contribution in [2.75, 3.05) is 11.9 Å². The lowest BCUT2D eigenvalue weighted by atomic mass is 9.98. The summed E-state index contributed by atoms with van der Waals surface area (Å²) < 4.78 is 19.2. The third-order valence-corrected chi connectivity index (χ3v) is 4.51. The van der Waals surface area contributed by atoms with Crippen LogP contribution in [0, 0.1) is 5.82 Å².